The predicted molar refractivity (Wildman–Crippen MR) is 75.8 cm³/mol. The van der Waals surface area contributed by atoms with Gasteiger partial charge in [0.25, 0.3) is 11.2 Å². The summed E-state index contributed by atoms with van der Waals surface area (Å²) in [5, 5.41) is 14.3. The summed E-state index contributed by atoms with van der Waals surface area (Å²) in [6.45, 7) is 1.16. The molecule has 0 aliphatic rings. The highest BCUT2D eigenvalue weighted by molar-refractivity contribution is 5.86. The summed E-state index contributed by atoms with van der Waals surface area (Å²) in [6.07, 6.45) is 2.93. The maximum atomic E-state index is 11.6. The third-order valence-electron chi connectivity index (χ3n) is 2.90. The topological polar surface area (TPSA) is 127 Å². The van der Waals surface area contributed by atoms with Gasteiger partial charge < -0.3 is 16.0 Å². The first kappa shape index (κ1) is 13.9. The van der Waals surface area contributed by atoms with Crippen LogP contribution in [-0.4, -0.2) is 28.0 Å². The molecule has 2 rings (SSSR count). The molecule has 1 aromatic heterocycles. The van der Waals surface area contributed by atoms with Crippen molar-refractivity contribution in [1.82, 2.24) is 9.97 Å². The van der Waals surface area contributed by atoms with Crippen LogP contribution < -0.4 is 16.6 Å². The molecule has 0 bridgehead atoms. The first-order valence-corrected chi connectivity index (χ1v) is 6.23. The molecule has 0 radical (unpaired) electrons. The van der Waals surface area contributed by atoms with Gasteiger partial charge in [-0.1, -0.05) is 0 Å². The number of hydrogen-bond donors (Lipinski definition) is 3. The number of nitro groups is 1. The van der Waals surface area contributed by atoms with Crippen molar-refractivity contribution in [2.45, 2.75) is 12.8 Å². The van der Waals surface area contributed by atoms with Gasteiger partial charge in [0.2, 0.25) is 0 Å². The van der Waals surface area contributed by atoms with Gasteiger partial charge in [-0.25, -0.2) is 4.98 Å². The van der Waals surface area contributed by atoms with Gasteiger partial charge in [0.1, 0.15) is 5.69 Å². The number of hydrogen-bond acceptors (Lipinski definition) is 6. The Morgan fingerprint density at radius 2 is 2.20 bits per heavy atom. The van der Waals surface area contributed by atoms with E-state index < -0.39 is 10.5 Å². The number of unbranched alkanes of at least 4 members (excludes halogenated alkanes) is 1. The second-order valence-electron chi connectivity index (χ2n) is 4.30. The molecule has 2 aromatic rings. The average molecular weight is 277 g/mol. The second-order valence-corrected chi connectivity index (χ2v) is 4.30. The molecule has 0 atom stereocenters. The Bertz CT molecular complexity index is 682. The van der Waals surface area contributed by atoms with Gasteiger partial charge in [-0.2, -0.15) is 0 Å². The van der Waals surface area contributed by atoms with Gasteiger partial charge in [-0.3, -0.25) is 14.9 Å². The van der Waals surface area contributed by atoms with E-state index in [2.05, 4.69) is 15.3 Å². The Labute approximate surface area is 114 Å². The smallest absolute Gasteiger partial charge is 0.293 e. The zero-order valence-corrected chi connectivity index (χ0v) is 10.8. The molecule has 0 fully saturated rings. The Hall–Kier alpha value is -2.48. The highest BCUT2D eigenvalue weighted by Gasteiger charge is 2.16. The number of aromatic amines is 1. The van der Waals surface area contributed by atoms with Gasteiger partial charge in [-0.05, 0) is 25.5 Å². The number of benzene rings is 1. The number of H-pyrrole nitrogens is 1. The lowest BCUT2D eigenvalue weighted by Crippen LogP contribution is -2.10. The van der Waals surface area contributed by atoms with E-state index >= 15 is 0 Å². The van der Waals surface area contributed by atoms with Crippen molar-refractivity contribution >= 4 is 22.3 Å². The Kier molecular flexibility index (Phi) is 4.26. The van der Waals surface area contributed by atoms with Gasteiger partial charge >= 0.3 is 0 Å². The molecule has 1 aromatic carbocycles. The van der Waals surface area contributed by atoms with E-state index in [1.54, 1.807) is 0 Å². The highest BCUT2D eigenvalue weighted by Crippen LogP contribution is 2.27. The largest absolute Gasteiger partial charge is 0.379 e. The number of fused-ring (bicyclic) bond motifs is 1. The lowest BCUT2D eigenvalue weighted by molar-refractivity contribution is -0.383. The average Bonchev–Trinajstić information content (AvgIpc) is 2.43. The molecule has 0 aliphatic heterocycles. The van der Waals surface area contributed by atoms with E-state index in [1.165, 1.54) is 18.5 Å². The Balaban J connectivity index is 2.39. The first-order valence-electron chi connectivity index (χ1n) is 6.23. The van der Waals surface area contributed by atoms with E-state index in [9.17, 15) is 14.9 Å². The van der Waals surface area contributed by atoms with Crippen LogP contribution in [0.5, 0.6) is 0 Å². The predicted octanol–water partition coefficient (Wildman–Crippen LogP) is 0.982. The van der Waals surface area contributed by atoms with Crippen molar-refractivity contribution in [3.63, 3.8) is 0 Å². The number of rotatable bonds is 6. The summed E-state index contributed by atoms with van der Waals surface area (Å²) in [5.74, 6) is 0. The number of nitro benzene ring substituents is 1. The molecule has 4 N–H and O–H groups in total. The zero-order valence-electron chi connectivity index (χ0n) is 10.8. The summed E-state index contributed by atoms with van der Waals surface area (Å²) >= 11 is 0. The van der Waals surface area contributed by atoms with Crippen LogP contribution in [0.3, 0.4) is 0 Å². The minimum absolute atomic E-state index is 0.135. The van der Waals surface area contributed by atoms with E-state index in [0.717, 1.165) is 12.8 Å². The second kappa shape index (κ2) is 6.11. The Morgan fingerprint density at radius 1 is 1.40 bits per heavy atom. The van der Waals surface area contributed by atoms with Gasteiger partial charge in [0.05, 0.1) is 22.2 Å². The molecule has 1 heterocycles. The maximum Gasteiger partial charge on any atom is 0.293 e. The van der Waals surface area contributed by atoms with Crippen LogP contribution in [0.4, 0.5) is 11.4 Å². The molecule has 0 aliphatic carbocycles. The molecule has 0 unspecified atom stereocenters. The molecular weight excluding hydrogens is 262 g/mol. The fourth-order valence-electron chi connectivity index (χ4n) is 1.89. The van der Waals surface area contributed by atoms with Crippen molar-refractivity contribution in [2.24, 2.45) is 5.73 Å². The molecule has 20 heavy (non-hydrogen) atoms. The van der Waals surface area contributed by atoms with Crippen molar-refractivity contribution < 1.29 is 4.92 Å². The first-order chi connectivity index (χ1) is 9.63. The van der Waals surface area contributed by atoms with Crippen LogP contribution in [0.15, 0.2) is 23.3 Å². The van der Waals surface area contributed by atoms with E-state index in [4.69, 9.17) is 5.73 Å². The molecule has 106 valence electrons. The molecule has 0 amide bonds. The van der Waals surface area contributed by atoms with E-state index in [0.29, 0.717) is 24.3 Å². The van der Waals surface area contributed by atoms with Crippen molar-refractivity contribution in [1.29, 1.82) is 0 Å². The monoisotopic (exact) mass is 277 g/mol. The number of nitrogens with two attached hydrogens (primary N) is 1. The van der Waals surface area contributed by atoms with Gasteiger partial charge in [-0.15, -0.1) is 0 Å². The van der Waals surface area contributed by atoms with Crippen molar-refractivity contribution in [3.8, 4) is 0 Å². The highest BCUT2D eigenvalue weighted by atomic mass is 16.6. The summed E-state index contributed by atoms with van der Waals surface area (Å²) in [6, 6.07) is 2.76. The van der Waals surface area contributed by atoms with Crippen molar-refractivity contribution in [2.75, 3.05) is 18.4 Å². The lowest BCUT2D eigenvalue weighted by Gasteiger charge is -2.07. The third kappa shape index (κ3) is 2.91. The van der Waals surface area contributed by atoms with Crippen LogP contribution in [0.1, 0.15) is 12.8 Å². The van der Waals surface area contributed by atoms with Crippen LogP contribution in [0, 0.1) is 10.1 Å². The quantitative estimate of drug-likeness (QED) is 0.410. The number of aromatic nitrogens is 2. The van der Waals surface area contributed by atoms with Crippen LogP contribution in [0.25, 0.3) is 10.9 Å². The van der Waals surface area contributed by atoms with Gasteiger partial charge in [0.15, 0.2) is 0 Å². The minimum atomic E-state index is -0.517. The SMILES string of the molecule is NCCCCNc1cc2nc[nH]c(=O)c2cc1[N+](=O)[O-]. The van der Waals surface area contributed by atoms with E-state index in [1.807, 2.05) is 0 Å². The van der Waals surface area contributed by atoms with Gasteiger partial charge in [0, 0.05) is 12.6 Å². The molecule has 8 nitrogen and oxygen atoms in total. The fourth-order valence-corrected chi connectivity index (χ4v) is 1.89. The lowest BCUT2D eigenvalue weighted by atomic mass is 10.2. The minimum Gasteiger partial charge on any atom is -0.379 e. The summed E-state index contributed by atoms with van der Waals surface area (Å²) in [5.41, 5.74) is 5.64. The molecule has 0 saturated heterocycles. The summed E-state index contributed by atoms with van der Waals surface area (Å²) in [4.78, 5) is 28.6. The standard InChI is InChI=1S/C12H15N5O3/c13-3-1-2-4-14-10-6-9-8(5-11(10)17(19)20)12(18)16-7-15-9/h5-7,14H,1-4,13H2,(H,15,16,18). The third-order valence-corrected chi connectivity index (χ3v) is 2.90. The molecule has 0 saturated carbocycles. The van der Waals surface area contributed by atoms with E-state index in [-0.39, 0.29) is 11.1 Å². The van der Waals surface area contributed by atoms with Crippen molar-refractivity contribution in [3.05, 3.63) is 38.9 Å². The molecule has 0 spiro atoms. The molecular formula is C12H15N5O3. The molecule has 8 heteroatoms. The van der Waals surface area contributed by atoms with Crippen LogP contribution in [-0.2, 0) is 0 Å². The Morgan fingerprint density at radius 3 is 2.90 bits per heavy atom. The number of anilines is 1. The summed E-state index contributed by atoms with van der Waals surface area (Å²) in [7, 11) is 0. The normalized spacial score (nSPS) is 10.7. The summed E-state index contributed by atoms with van der Waals surface area (Å²) < 4.78 is 0. The van der Waals surface area contributed by atoms with Crippen LogP contribution >= 0.6 is 0 Å². The zero-order chi connectivity index (χ0) is 14.5. The number of nitrogens with zero attached hydrogens (tertiary/aromatic N) is 2. The maximum absolute atomic E-state index is 11.6. The number of nitrogens with one attached hydrogen (secondary N) is 2. The fraction of sp³-hybridized carbons (Fsp3) is 0.333. The van der Waals surface area contributed by atoms with Crippen LogP contribution in [0.2, 0.25) is 0 Å².